The number of nitrogens with one attached hydrogen (secondary N) is 1. The molecule has 0 unspecified atom stereocenters. The number of benzene rings is 2. The molecule has 1 amide bonds. The third-order valence-corrected chi connectivity index (χ3v) is 4.98. The van der Waals surface area contributed by atoms with Crippen LogP contribution in [-0.4, -0.2) is 21.9 Å². The molecule has 4 nitrogen and oxygen atoms in total. The average Bonchev–Trinajstić information content (AvgIpc) is 2.68. The lowest BCUT2D eigenvalue weighted by Gasteiger charge is -2.07. The molecule has 0 saturated heterocycles. The van der Waals surface area contributed by atoms with Crippen molar-refractivity contribution in [1.82, 2.24) is 10.2 Å². The predicted molar refractivity (Wildman–Crippen MR) is 107 cm³/mol. The molecule has 3 aromatic rings. The van der Waals surface area contributed by atoms with E-state index in [9.17, 15) is 4.79 Å². The molecule has 1 N–H and O–H groups in total. The summed E-state index contributed by atoms with van der Waals surface area (Å²) in [7, 11) is 0. The van der Waals surface area contributed by atoms with Gasteiger partial charge in [-0.2, -0.15) is 0 Å². The Morgan fingerprint density at radius 2 is 1.77 bits per heavy atom. The fourth-order valence-corrected chi connectivity index (χ4v) is 3.18. The minimum absolute atomic E-state index is 0.0518. The van der Waals surface area contributed by atoms with E-state index < -0.39 is 0 Å². The summed E-state index contributed by atoms with van der Waals surface area (Å²) in [6.45, 7) is 4.16. The molecule has 0 radical (unpaired) electrons. The number of anilines is 1. The van der Waals surface area contributed by atoms with Gasteiger partial charge in [-0.05, 0) is 48.7 Å². The summed E-state index contributed by atoms with van der Waals surface area (Å²) in [6, 6.07) is 19.8. The fourth-order valence-electron chi connectivity index (χ4n) is 2.56. The molecule has 1 heterocycles. The van der Waals surface area contributed by atoms with Gasteiger partial charge in [0.1, 0.15) is 5.03 Å². The van der Waals surface area contributed by atoms with Gasteiger partial charge in [0.15, 0.2) is 0 Å². The van der Waals surface area contributed by atoms with Crippen molar-refractivity contribution in [3.05, 3.63) is 71.8 Å². The van der Waals surface area contributed by atoms with Gasteiger partial charge in [0.25, 0.3) is 0 Å². The summed E-state index contributed by atoms with van der Waals surface area (Å²) in [4.78, 5) is 12.1. The summed E-state index contributed by atoms with van der Waals surface area (Å²) in [5, 5.41) is 12.2. The van der Waals surface area contributed by atoms with Gasteiger partial charge < -0.3 is 5.32 Å². The van der Waals surface area contributed by atoms with Crippen molar-refractivity contribution in [2.45, 2.75) is 25.3 Å². The Hall–Kier alpha value is -2.66. The van der Waals surface area contributed by atoms with Gasteiger partial charge in [0.2, 0.25) is 5.91 Å². The van der Waals surface area contributed by atoms with E-state index in [1.54, 1.807) is 0 Å². The zero-order valence-corrected chi connectivity index (χ0v) is 15.7. The Balaban J connectivity index is 1.56. The molecule has 1 aromatic heterocycles. The maximum Gasteiger partial charge on any atom is 0.234 e. The predicted octanol–water partition coefficient (Wildman–Crippen LogP) is 4.75. The summed E-state index contributed by atoms with van der Waals surface area (Å²) >= 11 is 1.38. The third-order valence-electron chi connectivity index (χ3n) is 4.06. The van der Waals surface area contributed by atoms with Crippen molar-refractivity contribution >= 4 is 23.4 Å². The zero-order valence-electron chi connectivity index (χ0n) is 14.9. The van der Waals surface area contributed by atoms with Crippen molar-refractivity contribution in [2.24, 2.45) is 0 Å². The first kappa shape index (κ1) is 18.1. The lowest BCUT2D eigenvalue weighted by Crippen LogP contribution is -2.14. The number of aryl methyl sites for hydroxylation is 2. The Morgan fingerprint density at radius 3 is 2.42 bits per heavy atom. The molecule has 2 aromatic carbocycles. The van der Waals surface area contributed by atoms with E-state index in [-0.39, 0.29) is 5.91 Å². The SMILES string of the molecule is CCc1ccc(NC(=O)CSc2ccc(-c3ccccc3C)nn2)cc1. The minimum Gasteiger partial charge on any atom is -0.325 e. The number of carbonyl (C=O) groups excluding carboxylic acids is 1. The molecule has 0 atom stereocenters. The normalized spacial score (nSPS) is 10.5. The van der Waals surface area contributed by atoms with E-state index in [1.807, 2.05) is 54.6 Å². The molecule has 5 heteroatoms. The highest BCUT2D eigenvalue weighted by Crippen LogP contribution is 2.22. The maximum atomic E-state index is 12.1. The summed E-state index contributed by atoms with van der Waals surface area (Å²) in [6.07, 6.45) is 0.987. The van der Waals surface area contributed by atoms with Crippen LogP contribution in [0.2, 0.25) is 0 Å². The summed E-state index contributed by atoms with van der Waals surface area (Å²) < 4.78 is 0. The lowest BCUT2D eigenvalue weighted by molar-refractivity contribution is -0.113. The molecule has 0 spiro atoms. The smallest absolute Gasteiger partial charge is 0.234 e. The second-order valence-electron chi connectivity index (χ2n) is 5.96. The highest BCUT2D eigenvalue weighted by Gasteiger charge is 2.07. The number of aromatic nitrogens is 2. The van der Waals surface area contributed by atoms with E-state index in [0.717, 1.165) is 34.0 Å². The van der Waals surface area contributed by atoms with Gasteiger partial charge in [-0.25, -0.2) is 0 Å². The van der Waals surface area contributed by atoms with Crippen LogP contribution in [0.3, 0.4) is 0 Å². The van der Waals surface area contributed by atoms with Crippen LogP contribution in [0.5, 0.6) is 0 Å². The van der Waals surface area contributed by atoms with Crippen LogP contribution in [0.4, 0.5) is 5.69 Å². The largest absolute Gasteiger partial charge is 0.325 e. The van der Waals surface area contributed by atoms with Crippen LogP contribution in [0.15, 0.2) is 65.7 Å². The first-order valence-corrected chi connectivity index (χ1v) is 9.55. The van der Waals surface area contributed by atoms with Crippen molar-refractivity contribution in [1.29, 1.82) is 0 Å². The quantitative estimate of drug-likeness (QED) is 0.643. The van der Waals surface area contributed by atoms with Crippen molar-refractivity contribution < 1.29 is 4.79 Å². The first-order valence-electron chi connectivity index (χ1n) is 8.57. The first-order chi connectivity index (χ1) is 12.7. The molecule has 0 saturated carbocycles. The van der Waals surface area contributed by atoms with E-state index in [4.69, 9.17) is 0 Å². The number of hydrogen-bond donors (Lipinski definition) is 1. The molecular weight excluding hydrogens is 342 g/mol. The number of rotatable bonds is 6. The molecule has 132 valence electrons. The van der Waals surface area contributed by atoms with Crippen LogP contribution < -0.4 is 5.32 Å². The standard InChI is InChI=1S/C21H21N3OS/c1-3-16-8-10-17(11-9-16)22-20(25)14-26-21-13-12-19(23-24-21)18-7-5-4-6-15(18)2/h4-13H,3,14H2,1-2H3,(H,22,25). The molecule has 0 fully saturated rings. The fraction of sp³-hybridized carbons (Fsp3) is 0.190. The molecule has 3 rings (SSSR count). The van der Waals surface area contributed by atoms with Crippen LogP contribution in [0.25, 0.3) is 11.3 Å². The topological polar surface area (TPSA) is 54.9 Å². The van der Waals surface area contributed by atoms with E-state index >= 15 is 0 Å². The molecule has 0 aliphatic carbocycles. The van der Waals surface area contributed by atoms with Gasteiger partial charge in [-0.15, -0.1) is 10.2 Å². The molecule has 0 bridgehead atoms. The van der Waals surface area contributed by atoms with Gasteiger partial charge in [0.05, 0.1) is 11.4 Å². The van der Waals surface area contributed by atoms with Crippen molar-refractivity contribution in [3.8, 4) is 11.3 Å². The van der Waals surface area contributed by atoms with Crippen LogP contribution >= 0.6 is 11.8 Å². The van der Waals surface area contributed by atoms with E-state index in [2.05, 4.69) is 35.4 Å². The number of nitrogens with zero attached hydrogens (tertiary/aromatic N) is 2. The Bertz CT molecular complexity index is 877. The maximum absolute atomic E-state index is 12.1. The lowest BCUT2D eigenvalue weighted by atomic mass is 10.1. The average molecular weight is 363 g/mol. The number of hydrogen-bond acceptors (Lipinski definition) is 4. The Kier molecular flexibility index (Phi) is 6.02. The highest BCUT2D eigenvalue weighted by molar-refractivity contribution is 7.99. The molecule has 0 aliphatic rings. The minimum atomic E-state index is -0.0518. The van der Waals surface area contributed by atoms with Crippen molar-refractivity contribution in [2.75, 3.05) is 11.1 Å². The highest BCUT2D eigenvalue weighted by atomic mass is 32.2. The molecule has 26 heavy (non-hydrogen) atoms. The van der Waals surface area contributed by atoms with E-state index in [0.29, 0.717) is 5.75 Å². The summed E-state index contributed by atoms with van der Waals surface area (Å²) in [5.41, 5.74) is 5.14. The Morgan fingerprint density at radius 1 is 1.00 bits per heavy atom. The van der Waals surface area contributed by atoms with Crippen molar-refractivity contribution in [3.63, 3.8) is 0 Å². The van der Waals surface area contributed by atoms with Gasteiger partial charge in [-0.3, -0.25) is 4.79 Å². The van der Waals surface area contributed by atoms with Crippen LogP contribution in [-0.2, 0) is 11.2 Å². The Labute approximate surface area is 158 Å². The second kappa shape index (κ2) is 8.63. The zero-order chi connectivity index (χ0) is 18.4. The molecular formula is C21H21N3OS. The summed E-state index contributed by atoms with van der Waals surface area (Å²) in [5.74, 6) is 0.248. The number of thioether (sulfide) groups is 1. The van der Waals surface area contributed by atoms with Gasteiger partial charge >= 0.3 is 0 Å². The van der Waals surface area contributed by atoms with E-state index in [1.165, 1.54) is 17.3 Å². The molecule has 0 aliphatic heterocycles. The van der Waals surface area contributed by atoms with Gasteiger partial charge in [-0.1, -0.05) is 55.1 Å². The van der Waals surface area contributed by atoms with Gasteiger partial charge in [0, 0.05) is 11.3 Å². The number of carbonyl (C=O) groups is 1. The number of amides is 1. The van der Waals surface area contributed by atoms with Crippen LogP contribution in [0.1, 0.15) is 18.1 Å². The second-order valence-corrected chi connectivity index (χ2v) is 6.95. The monoisotopic (exact) mass is 363 g/mol. The third kappa shape index (κ3) is 4.70. The van der Waals surface area contributed by atoms with Crippen LogP contribution in [0, 0.1) is 6.92 Å².